The summed E-state index contributed by atoms with van der Waals surface area (Å²) >= 11 is 0. The maximum atomic E-state index is 11.8. The molecule has 1 aromatic carbocycles. The highest BCUT2D eigenvalue weighted by Crippen LogP contribution is 2.39. The van der Waals surface area contributed by atoms with Gasteiger partial charge in [0.1, 0.15) is 5.54 Å². The molecule has 1 aliphatic rings. The maximum Gasteiger partial charge on any atom is 0.331 e. The van der Waals surface area contributed by atoms with Crippen molar-refractivity contribution >= 4 is 23.6 Å². The number of carbonyl (C=O) groups excluding carboxylic acids is 2. The number of hydrogen-bond acceptors (Lipinski definition) is 6. The van der Waals surface area contributed by atoms with E-state index in [-0.39, 0.29) is 11.6 Å². The number of benzene rings is 1. The van der Waals surface area contributed by atoms with Gasteiger partial charge in [-0.05, 0) is 37.3 Å². The third kappa shape index (κ3) is 5.14. The van der Waals surface area contributed by atoms with E-state index in [2.05, 4.69) is 11.4 Å². The normalized spacial score (nSPS) is 15.8. The number of nitrogens with one attached hydrogen (secondary N) is 1. The molecule has 0 radical (unpaired) electrons. The van der Waals surface area contributed by atoms with Crippen molar-refractivity contribution in [1.82, 2.24) is 5.32 Å². The van der Waals surface area contributed by atoms with Crippen molar-refractivity contribution in [2.24, 2.45) is 5.92 Å². The van der Waals surface area contributed by atoms with Crippen molar-refractivity contribution in [3.63, 3.8) is 0 Å². The number of nitrogens with zero attached hydrogens (tertiary/aromatic N) is 2. The average Bonchev–Trinajstić information content (AvgIpc) is 3.43. The van der Waals surface area contributed by atoms with E-state index >= 15 is 0 Å². The van der Waals surface area contributed by atoms with E-state index in [1.165, 1.54) is 24.3 Å². The van der Waals surface area contributed by atoms with Crippen molar-refractivity contribution in [2.45, 2.75) is 25.3 Å². The van der Waals surface area contributed by atoms with Crippen molar-refractivity contribution in [3.8, 4) is 6.07 Å². The van der Waals surface area contributed by atoms with Crippen molar-refractivity contribution in [3.05, 3.63) is 46.0 Å². The molecule has 0 heterocycles. The summed E-state index contributed by atoms with van der Waals surface area (Å²) in [6.45, 7) is 1.15. The fraction of sp³-hybridized carbons (Fsp3) is 0.353. The third-order valence-electron chi connectivity index (χ3n) is 3.86. The third-order valence-corrected chi connectivity index (χ3v) is 3.86. The zero-order chi connectivity index (χ0) is 18.4. The average molecular weight is 343 g/mol. The summed E-state index contributed by atoms with van der Waals surface area (Å²) in [7, 11) is 0. The molecule has 1 fully saturated rings. The molecular weight excluding hydrogens is 326 g/mol. The van der Waals surface area contributed by atoms with E-state index in [1.54, 1.807) is 13.0 Å². The van der Waals surface area contributed by atoms with Crippen molar-refractivity contribution < 1.29 is 19.2 Å². The Bertz CT molecular complexity index is 764. The number of carbonyl (C=O) groups is 2. The molecule has 1 aliphatic carbocycles. The van der Waals surface area contributed by atoms with Crippen LogP contribution in [-0.4, -0.2) is 28.9 Å². The molecule has 0 bridgehead atoms. The second-order valence-electron chi connectivity index (χ2n) is 5.93. The van der Waals surface area contributed by atoms with Crippen LogP contribution in [0.3, 0.4) is 0 Å². The Morgan fingerprint density at radius 2 is 2.24 bits per heavy atom. The number of nitriles is 1. The van der Waals surface area contributed by atoms with E-state index in [4.69, 9.17) is 10.00 Å². The van der Waals surface area contributed by atoms with E-state index < -0.39 is 28.9 Å². The highest BCUT2D eigenvalue weighted by Gasteiger charge is 2.43. The zero-order valence-electron chi connectivity index (χ0n) is 13.6. The predicted octanol–water partition coefficient (Wildman–Crippen LogP) is 1.96. The van der Waals surface area contributed by atoms with Crippen LogP contribution in [0.15, 0.2) is 30.3 Å². The minimum absolute atomic E-state index is 0.0919. The second kappa shape index (κ2) is 7.57. The highest BCUT2D eigenvalue weighted by atomic mass is 16.6. The monoisotopic (exact) mass is 343 g/mol. The number of nitro groups is 1. The Hall–Kier alpha value is -3.21. The molecule has 1 N–H and O–H groups in total. The number of hydrogen-bond donors (Lipinski definition) is 1. The summed E-state index contributed by atoms with van der Waals surface area (Å²) in [5.74, 6) is -1.18. The van der Waals surface area contributed by atoms with Crippen molar-refractivity contribution in [2.75, 3.05) is 6.61 Å². The summed E-state index contributed by atoms with van der Waals surface area (Å²) in [6, 6.07) is 7.82. The first-order valence-electron chi connectivity index (χ1n) is 7.65. The molecule has 1 amide bonds. The standard InChI is InChI=1S/C17H17N3O5/c1-17(11-18,13-6-7-13)19-15(21)10-25-16(22)8-5-12-3-2-4-14(9-12)20(23)24/h2-5,8-9,13H,6-7,10H2,1H3,(H,19,21)/b8-5+/t17-/m0/s1. The smallest absolute Gasteiger partial charge is 0.331 e. The minimum Gasteiger partial charge on any atom is -0.452 e. The number of amides is 1. The lowest BCUT2D eigenvalue weighted by molar-refractivity contribution is -0.384. The summed E-state index contributed by atoms with van der Waals surface area (Å²) in [6.07, 6.45) is 4.21. The summed E-state index contributed by atoms with van der Waals surface area (Å²) in [4.78, 5) is 33.6. The van der Waals surface area contributed by atoms with Crippen LogP contribution in [-0.2, 0) is 14.3 Å². The van der Waals surface area contributed by atoms with Gasteiger partial charge in [0.25, 0.3) is 11.6 Å². The number of rotatable bonds is 7. The molecule has 0 spiro atoms. The van der Waals surface area contributed by atoms with Gasteiger partial charge >= 0.3 is 5.97 Å². The van der Waals surface area contributed by atoms with Crippen LogP contribution in [0.5, 0.6) is 0 Å². The molecule has 0 aromatic heterocycles. The Balaban J connectivity index is 1.84. The van der Waals surface area contributed by atoms with E-state index in [0.29, 0.717) is 5.56 Å². The van der Waals surface area contributed by atoms with Gasteiger partial charge in [-0.15, -0.1) is 0 Å². The highest BCUT2D eigenvalue weighted by molar-refractivity contribution is 5.89. The summed E-state index contributed by atoms with van der Waals surface area (Å²) < 4.78 is 4.81. The SMILES string of the molecule is C[C@@](C#N)(NC(=O)COC(=O)/C=C/c1cccc([N+](=O)[O-])c1)C1CC1. The maximum absolute atomic E-state index is 11.8. The molecule has 1 aromatic rings. The topological polar surface area (TPSA) is 122 Å². The fourth-order valence-electron chi connectivity index (χ4n) is 2.30. The zero-order valence-corrected chi connectivity index (χ0v) is 13.6. The number of esters is 1. The first kappa shape index (κ1) is 18.1. The summed E-state index contributed by atoms with van der Waals surface area (Å²) in [5.41, 5.74) is -0.574. The molecule has 25 heavy (non-hydrogen) atoms. The largest absolute Gasteiger partial charge is 0.452 e. The van der Waals surface area contributed by atoms with Gasteiger partial charge in [-0.2, -0.15) is 5.26 Å². The number of ether oxygens (including phenoxy) is 1. The molecule has 0 aliphatic heterocycles. The first-order valence-corrected chi connectivity index (χ1v) is 7.65. The first-order chi connectivity index (χ1) is 11.8. The van der Waals surface area contributed by atoms with Crippen LogP contribution < -0.4 is 5.32 Å². The molecule has 0 saturated heterocycles. The molecule has 8 heteroatoms. The van der Waals surface area contributed by atoms with Gasteiger partial charge in [0.15, 0.2) is 6.61 Å². The minimum atomic E-state index is -0.942. The Morgan fingerprint density at radius 3 is 2.84 bits per heavy atom. The lowest BCUT2D eigenvalue weighted by atomic mass is 9.98. The van der Waals surface area contributed by atoms with Gasteiger partial charge in [0.05, 0.1) is 11.0 Å². The molecular formula is C17H17N3O5. The Morgan fingerprint density at radius 1 is 1.52 bits per heavy atom. The van der Waals surface area contributed by atoms with Gasteiger partial charge in [0.2, 0.25) is 0 Å². The number of nitro benzene ring substituents is 1. The second-order valence-corrected chi connectivity index (χ2v) is 5.93. The predicted molar refractivity (Wildman–Crippen MR) is 88.0 cm³/mol. The molecule has 1 atom stereocenters. The molecule has 0 unspecified atom stereocenters. The lowest BCUT2D eigenvalue weighted by Gasteiger charge is -2.22. The fourth-order valence-corrected chi connectivity index (χ4v) is 2.30. The van der Waals surface area contributed by atoms with Gasteiger partial charge in [-0.3, -0.25) is 14.9 Å². The van der Waals surface area contributed by atoms with E-state index in [1.807, 2.05) is 0 Å². The van der Waals surface area contributed by atoms with Crippen molar-refractivity contribution in [1.29, 1.82) is 5.26 Å². The van der Waals surface area contributed by atoms with Gasteiger partial charge in [-0.1, -0.05) is 12.1 Å². The lowest BCUT2D eigenvalue weighted by Crippen LogP contribution is -2.48. The van der Waals surface area contributed by atoms with E-state index in [9.17, 15) is 19.7 Å². The molecule has 130 valence electrons. The van der Waals surface area contributed by atoms with Crippen LogP contribution in [0.25, 0.3) is 6.08 Å². The van der Waals surface area contributed by atoms with Crippen LogP contribution in [0.1, 0.15) is 25.3 Å². The van der Waals surface area contributed by atoms with Crippen LogP contribution in [0.2, 0.25) is 0 Å². The number of non-ortho nitro benzene ring substituents is 1. The molecule has 8 nitrogen and oxygen atoms in total. The van der Waals surface area contributed by atoms with Gasteiger partial charge in [-0.25, -0.2) is 4.79 Å². The van der Waals surface area contributed by atoms with Gasteiger partial charge < -0.3 is 10.1 Å². The van der Waals surface area contributed by atoms with E-state index in [0.717, 1.165) is 18.9 Å². The molecule has 2 rings (SSSR count). The Labute approximate surface area is 144 Å². The van der Waals surface area contributed by atoms with Gasteiger partial charge in [0, 0.05) is 18.2 Å². The molecule has 1 saturated carbocycles. The van der Waals surface area contributed by atoms with Crippen LogP contribution >= 0.6 is 0 Å². The van der Waals surface area contributed by atoms with Crippen LogP contribution in [0.4, 0.5) is 5.69 Å². The summed E-state index contributed by atoms with van der Waals surface area (Å²) in [5, 5.41) is 22.4. The van der Waals surface area contributed by atoms with Crippen LogP contribution in [0, 0.1) is 27.4 Å². The Kier molecular flexibility index (Phi) is 5.49. The quantitative estimate of drug-likeness (QED) is 0.349.